The SMILES string of the molecule is CC1(C)[C@H]2CC[C@@]13CS(=O)(=O)N(/C(O)=C/[N+]#N)[C@H]3C2. The van der Waals surface area contributed by atoms with Gasteiger partial charge in [0.1, 0.15) is 0 Å². The monoisotopic (exact) mass is 284 g/mol. The molecule has 0 aromatic heterocycles. The van der Waals surface area contributed by atoms with E-state index in [0.717, 1.165) is 29.8 Å². The molecule has 104 valence electrons. The van der Waals surface area contributed by atoms with Gasteiger partial charge in [-0.3, -0.25) is 0 Å². The summed E-state index contributed by atoms with van der Waals surface area (Å²) in [4.78, 5) is 2.74. The van der Waals surface area contributed by atoms with Gasteiger partial charge in [-0.15, -0.1) is 0 Å². The molecule has 1 aliphatic heterocycles. The summed E-state index contributed by atoms with van der Waals surface area (Å²) in [5, 5.41) is 18.4. The molecule has 1 spiro atoms. The second-order valence-corrected chi connectivity index (χ2v) is 8.37. The number of rotatable bonds is 1. The molecule has 3 rings (SSSR count). The summed E-state index contributed by atoms with van der Waals surface area (Å²) in [7, 11) is -3.54. The van der Waals surface area contributed by atoms with Gasteiger partial charge < -0.3 is 5.11 Å². The maximum Gasteiger partial charge on any atom is 0.410 e. The van der Waals surface area contributed by atoms with Crippen LogP contribution in [-0.2, 0) is 10.0 Å². The Morgan fingerprint density at radius 3 is 2.79 bits per heavy atom. The van der Waals surface area contributed by atoms with Crippen molar-refractivity contribution < 1.29 is 13.5 Å². The van der Waals surface area contributed by atoms with Crippen molar-refractivity contribution in [3.05, 3.63) is 17.1 Å². The van der Waals surface area contributed by atoms with E-state index < -0.39 is 15.9 Å². The van der Waals surface area contributed by atoms with Gasteiger partial charge in [-0.1, -0.05) is 13.8 Å². The standard InChI is InChI=1S/C12H17N3O3S/c1-11(2)8-3-4-12(11)7-19(17,18)15(9(12)5-8)10(16)6-14-13/h6,8-9H,3-5,7H2,1-2H3/p+1/b10-6-/t8-,9-,12-/m0/s1. The molecule has 3 fully saturated rings. The van der Waals surface area contributed by atoms with E-state index in [0.29, 0.717) is 5.92 Å². The molecular weight excluding hydrogens is 266 g/mol. The van der Waals surface area contributed by atoms with Crippen LogP contribution < -0.4 is 0 Å². The molecule has 1 saturated heterocycles. The number of sulfonamides is 1. The first-order valence-corrected chi connectivity index (χ1v) is 8.13. The Morgan fingerprint density at radius 2 is 2.21 bits per heavy atom. The maximum absolute atomic E-state index is 12.4. The molecule has 0 aromatic carbocycles. The first-order chi connectivity index (χ1) is 8.76. The van der Waals surface area contributed by atoms with Gasteiger partial charge in [-0.2, -0.15) is 0 Å². The first-order valence-electron chi connectivity index (χ1n) is 6.52. The number of aliphatic hydroxyl groups excluding tert-OH is 1. The third-order valence-electron chi connectivity index (χ3n) is 5.81. The van der Waals surface area contributed by atoms with Crippen molar-refractivity contribution in [3.8, 4) is 0 Å². The van der Waals surface area contributed by atoms with Gasteiger partial charge in [-0.05, 0) is 30.6 Å². The van der Waals surface area contributed by atoms with Gasteiger partial charge >= 0.3 is 6.20 Å². The molecule has 0 amide bonds. The summed E-state index contributed by atoms with van der Waals surface area (Å²) >= 11 is 0. The predicted octanol–water partition coefficient (Wildman–Crippen LogP) is 2.04. The zero-order chi connectivity index (χ0) is 14.1. The van der Waals surface area contributed by atoms with Crippen molar-refractivity contribution in [2.24, 2.45) is 16.7 Å². The van der Waals surface area contributed by atoms with Crippen molar-refractivity contribution in [2.45, 2.75) is 39.2 Å². The zero-order valence-electron chi connectivity index (χ0n) is 11.1. The second-order valence-electron chi connectivity index (χ2n) is 6.52. The van der Waals surface area contributed by atoms with Crippen LogP contribution in [0.15, 0.2) is 12.1 Å². The summed E-state index contributed by atoms with van der Waals surface area (Å²) in [5.41, 5.74) is -0.316. The Balaban J connectivity index is 2.12. The second kappa shape index (κ2) is 3.42. The smallest absolute Gasteiger partial charge is 0.410 e. The van der Waals surface area contributed by atoms with Gasteiger partial charge in [0.2, 0.25) is 15.4 Å². The Labute approximate surface area is 112 Å². The van der Waals surface area contributed by atoms with E-state index in [9.17, 15) is 13.5 Å². The van der Waals surface area contributed by atoms with Gasteiger partial charge in [0.25, 0.3) is 5.88 Å². The molecule has 2 aliphatic carbocycles. The van der Waals surface area contributed by atoms with E-state index in [-0.39, 0.29) is 22.6 Å². The van der Waals surface area contributed by atoms with Crippen molar-refractivity contribution >= 4 is 10.0 Å². The van der Waals surface area contributed by atoms with E-state index in [2.05, 4.69) is 18.8 Å². The van der Waals surface area contributed by atoms with Crippen molar-refractivity contribution in [2.75, 3.05) is 5.75 Å². The Kier molecular flexibility index (Phi) is 2.29. The average Bonchev–Trinajstić information content (AvgIpc) is 2.75. The molecule has 2 saturated carbocycles. The predicted molar refractivity (Wildman–Crippen MR) is 68.8 cm³/mol. The van der Waals surface area contributed by atoms with Crippen molar-refractivity contribution in [1.29, 1.82) is 5.39 Å². The highest BCUT2D eigenvalue weighted by molar-refractivity contribution is 7.89. The van der Waals surface area contributed by atoms with Gasteiger partial charge in [-0.25, -0.2) is 12.7 Å². The molecular formula is C12H18N3O3S+. The Morgan fingerprint density at radius 1 is 1.53 bits per heavy atom. The fraction of sp³-hybridized carbons (Fsp3) is 0.833. The highest BCUT2D eigenvalue weighted by Crippen LogP contribution is 2.70. The molecule has 1 heterocycles. The summed E-state index contributed by atoms with van der Waals surface area (Å²) in [5.74, 6) is 0.0967. The number of fused-ring (bicyclic) bond motifs is 1. The number of hydrogen-bond donors (Lipinski definition) is 1. The molecule has 3 aliphatic rings. The molecule has 1 N–H and O–H groups in total. The first kappa shape index (κ1) is 12.7. The number of hydrogen-bond acceptors (Lipinski definition) is 4. The summed E-state index contributed by atoms with van der Waals surface area (Å²) < 4.78 is 25.8. The minimum Gasteiger partial charge on any atom is -0.489 e. The normalized spacial score (nSPS) is 42.2. The van der Waals surface area contributed by atoms with Crippen molar-refractivity contribution in [3.63, 3.8) is 0 Å². The minimum atomic E-state index is -3.54. The minimum absolute atomic E-state index is 0.0316. The van der Waals surface area contributed by atoms with Gasteiger partial charge in [0, 0.05) is 5.41 Å². The lowest BCUT2D eigenvalue weighted by atomic mass is 9.69. The molecule has 0 aromatic rings. The van der Waals surface area contributed by atoms with E-state index >= 15 is 0 Å². The zero-order valence-corrected chi connectivity index (χ0v) is 11.9. The maximum atomic E-state index is 12.4. The summed E-state index contributed by atoms with van der Waals surface area (Å²) in [6, 6.07) is -0.204. The van der Waals surface area contributed by atoms with Crippen LogP contribution in [0.25, 0.3) is 4.98 Å². The number of diazo groups is 1. The molecule has 6 nitrogen and oxygen atoms in total. The van der Waals surface area contributed by atoms with Crippen LogP contribution in [0.3, 0.4) is 0 Å². The highest BCUT2D eigenvalue weighted by Gasteiger charge is 2.72. The summed E-state index contributed by atoms with van der Waals surface area (Å²) in [6.45, 7) is 4.28. The largest absolute Gasteiger partial charge is 0.489 e. The Hall–Kier alpha value is -1.29. The van der Waals surface area contributed by atoms with Crippen LogP contribution in [0.2, 0.25) is 0 Å². The lowest BCUT2D eigenvalue weighted by Crippen LogP contribution is -2.41. The van der Waals surface area contributed by atoms with Crippen LogP contribution in [0.4, 0.5) is 0 Å². The van der Waals surface area contributed by atoms with E-state index in [1.54, 1.807) is 0 Å². The van der Waals surface area contributed by atoms with Crippen LogP contribution in [0.1, 0.15) is 33.1 Å². The fourth-order valence-electron chi connectivity index (χ4n) is 4.70. The van der Waals surface area contributed by atoms with Crippen LogP contribution >= 0.6 is 0 Å². The van der Waals surface area contributed by atoms with Crippen molar-refractivity contribution in [1.82, 2.24) is 4.31 Å². The molecule has 19 heavy (non-hydrogen) atoms. The van der Waals surface area contributed by atoms with Crippen LogP contribution in [-0.4, -0.2) is 29.6 Å². The molecule has 3 atom stereocenters. The fourth-order valence-corrected chi connectivity index (χ4v) is 7.21. The number of aliphatic hydroxyl groups is 1. The highest BCUT2D eigenvalue weighted by atomic mass is 32.2. The van der Waals surface area contributed by atoms with E-state index in [1.807, 2.05) is 0 Å². The van der Waals surface area contributed by atoms with Crippen LogP contribution in [0, 0.1) is 22.1 Å². The van der Waals surface area contributed by atoms with Gasteiger partial charge in [0.05, 0.1) is 11.8 Å². The van der Waals surface area contributed by atoms with E-state index in [4.69, 9.17) is 5.39 Å². The quantitative estimate of drug-likeness (QED) is 0.589. The van der Waals surface area contributed by atoms with Crippen LogP contribution in [0.5, 0.6) is 0 Å². The lowest BCUT2D eigenvalue weighted by Gasteiger charge is -2.36. The van der Waals surface area contributed by atoms with E-state index in [1.165, 1.54) is 0 Å². The molecule has 0 radical (unpaired) electrons. The van der Waals surface area contributed by atoms with Gasteiger partial charge in [0.15, 0.2) is 4.98 Å². The average molecular weight is 284 g/mol. The Bertz CT molecular complexity index is 604. The topological polar surface area (TPSA) is 85.8 Å². The number of nitrogens with zero attached hydrogens (tertiary/aromatic N) is 3. The lowest BCUT2D eigenvalue weighted by molar-refractivity contribution is 0.107. The molecule has 0 unspecified atom stereocenters. The molecule has 2 bridgehead atoms. The third kappa shape index (κ3) is 1.30. The molecule has 7 heteroatoms. The summed E-state index contributed by atoms with van der Waals surface area (Å²) in [6.07, 6.45) is 3.50. The third-order valence-corrected chi connectivity index (χ3v) is 7.73.